The van der Waals surface area contributed by atoms with Crippen LogP contribution in [0.2, 0.25) is 0 Å². The summed E-state index contributed by atoms with van der Waals surface area (Å²) < 4.78 is 11.7. The van der Waals surface area contributed by atoms with Crippen LogP contribution in [0.25, 0.3) is 11.1 Å². The Morgan fingerprint density at radius 1 is 1.31 bits per heavy atom. The number of oxazole rings is 1. The number of carbonyl (C=O) groups is 2. The van der Waals surface area contributed by atoms with Gasteiger partial charge in [0, 0.05) is 26.1 Å². The zero-order valence-electron chi connectivity index (χ0n) is 15.2. The quantitative estimate of drug-likeness (QED) is 0.506. The second kappa shape index (κ2) is 9.03. The lowest BCUT2D eigenvalue weighted by molar-refractivity contribution is -0.151. The predicted molar refractivity (Wildman–Crippen MR) is 97.7 cm³/mol. The number of benzene rings is 1. The fraction of sp³-hybridized carbons (Fsp3) is 0.421. The summed E-state index contributed by atoms with van der Waals surface area (Å²) in [6.07, 6.45) is 0.533. The third kappa shape index (κ3) is 5.08. The number of carbonyl (C=O) groups excluding carboxylic acids is 2. The monoisotopic (exact) mass is 360 g/mol. The number of para-hydroxylation sites is 2. The maximum atomic E-state index is 12.0. The Labute approximate surface area is 151 Å². The molecule has 0 N–H and O–H groups in total. The van der Waals surface area contributed by atoms with E-state index in [1.165, 1.54) is 4.57 Å². The molecule has 26 heavy (non-hydrogen) atoms. The van der Waals surface area contributed by atoms with Gasteiger partial charge in [0.15, 0.2) is 12.2 Å². The van der Waals surface area contributed by atoms with Crippen molar-refractivity contribution in [1.29, 1.82) is 0 Å². The van der Waals surface area contributed by atoms with Crippen molar-refractivity contribution in [2.45, 2.75) is 33.2 Å². The number of esters is 1. The number of hydrogen-bond acceptors (Lipinski definition) is 5. The molecule has 0 spiro atoms. The van der Waals surface area contributed by atoms with Gasteiger partial charge in [0.25, 0.3) is 5.91 Å². The predicted octanol–water partition coefficient (Wildman–Crippen LogP) is 2.34. The van der Waals surface area contributed by atoms with Crippen LogP contribution in [0.5, 0.6) is 0 Å². The lowest BCUT2D eigenvalue weighted by Gasteiger charge is -2.20. The highest BCUT2D eigenvalue weighted by atomic mass is 16.5. The molecule has 0 fully saturated rings. The Balaban J connectivity index is 1.80. The fourth-order valence-electron chi connectivity index (χ4n) is 2.62. The summed E-state index contributed by atoms with van der Waals surface area (Å²) in [5.74, 6) is -1.17. The molecule has 0 unspecified atom stereocenters. The van der Waals surface area contributed by atoms with Gasteiger partial charge in [-0.1, -0.05) is 24.3 Å². The molecule has 2 rings (SSSR count). The first-order valence-corrected chi connectivity index (χ1v) is 8.58. The molecule has 0 saturated carbocycles. The average molecular weight is 360 g/mol. The van der Waals surface area contributed by atoms with Crippen LogP contribution in [0.4, 0.5) is 0 Å². The van der Waals surface area contributed by atoms with Gasteiger partial charge in [-0.05, 0) is 32.4 Å². The maximum Gasteiger partial charge on any atom is 0.419 e. The van der Waals surface area contributed by atoms with Gasteiger partial charge in [-0.2, -0.15) is 0 Å². The van der Waals surface area contributed by atoms with E-state index in [2.05, 4.69) is 6.58 Å². The molecule has 0 saturated heterocycles. The maximum absolute atomic E-state index is 12.0. The van der Waals surface area contributed by atoms with Crippen molar-refractivity contribution >= 4 is 23.0 Å². The van der Waals surface area contributed by atoms with Crippen LogP contribution in [0.3, 0.4) is 0 Å². The number of likely N-dealkylation sites (N-methyl/N-ethyl adjacent to an activating group) is 1. The fourth-order valence-corrected chi connectivity index (χ4v) is 2.62. The molecular weight excluding hydrogens is 336 g/mol. The molecule has 0 aliphatic rings. The lowest BCUT2D eigenvalue weighted by atomic mass is 10.3. The number of hydrogen-bond donors (Lipinski definition) is 0. The minimum Gasteiger partial charge on any atom is -0.456 e. The van der Waals surface area contributed by atoms with Crippen molar-refractivity contribution in [3.8, 4) is 0 Å². The van der Waals surface area contributed by atoms with E-state index in [1.54, 1.807) is 23.1 Å². The summed E-state index contributed by atoms with van der Waals surface area (Å²) in [5, 5.41) is 0. The molecule has 0 bridgehead atoms. The van der Waals surface area contributed by atoms with Crippen molar-refractivity contribution in [1.82, 2.24) is 9.47 Å². The van der Waals surface area contributed by atoms with Gasteiger partial charge in [0.2, 0.25) is 0 Å². The van der Waals surface area contributed by atoms with Gasteiger partial charge < -0.3 is 14.1 Å². The Kier molecular flexibility index (Phi) is 6.77. The van der Waals surface area contributed by atoms with Gasteiger partial charge in [-0.25, -0.2) is 4.79 Å². The molecule has 0 radical (unpaired) electrons. The summed E-state index contributed by atoms with van der Waals surface area (Å²) in [4.78, 5) is 37.3. The van der Waals surface area contributed by atoms with E-state index in [0.29, 0.717) is 37.2 Å². The molecular formula is C19H24N2O5. The van der Waals surface area contributed by atoms with Gasteiger partial charge in [0.05, 0.1) is 5.52 Å². The normalized spacial score (nSPS) is 10.7. The van der Waals surface area contributed by atoms with Crippen LogP contribution in [-0.2, 0) is 20.9 Å². The van der Waals surface area contributed by atoms with Crippen LogP contribution >= 0.6 is 0 Å². The van der Waals surface area contributed by atoms with Crippen LogP contribution in [0.1, 0.15) is 26.7 Å². The Hall–Kier alpha value is -2.83. The largest absolute Gasteiger partial charge is 0.456 e. The molecule has 1 amide bonds. The molecule has 0 aliphatic carbocycles. The van der Waals surface area contributed by atoms with Gasteiger partial charge in [0.1, 0.15) is 0 Å². The van der Waals surface area contributed by atoms with Crippen LogP contribution < -0.4 is 5.76 Å². The van der Waals surface area contributed by atoms with E-state index in [9.17, 15) is 14.4 Å². The first kappa shape index (κ1) is 19.5. The second-order valence-electron chi connectivity index (χ2n) is 6.12. The highest BCUT2D eigenvalue weighted by molar-refractivity contribution is 5.80. The summed E-state index contributed by atoms with van der Waals surface area (Å²) in [6.45, 7) is 8.51. The van der Waals surface area contributed by atoms with E-state index >= 15 is 0 Å². The number of fused-ring (bicyclic) bond motifs is 1. The van der Waals surface area contributed by atoms with Crippen molar-refractivity contribution in [3.63, 3.8) is 0 Å². The Morgan fingerprint density at radius 2 is 2.04 bits per heavy atom. The highest BCUT2D eigenvalue weighted by Crippen LogP contribution is 2.12. The minimum atomic E-state index is -0.467. The second-order valence-corrected chi connectivity index (χ2v) is 6.12. The standard InChI is InChI=1S/C19H24N2O5/c1-4-20(12-14(2)3)17(22)13-25-18(23)10-7-11-21-15-8-5-6-9-16(15)26-19(21)24/h5-6,8-9H,2,4,7,10-13H2,1,3H3. The van der Waals surface area contributed by atoms with Gasteiger partial charge >= 0.3 is 11.7 Å². The first-order valence-electron chi connectivity index (χ1n) is 8.58. The number of aryl methyl sites for hydroxylation is 1. The van der Waals surface area contributed by atoms with E-state index in [1.807, 2.05) is 19.9 Å². The molecule has 1 aromatic carbocycles. The van der Waals surface area contributed by atoms with Crippen LogP contribution in [-0.4, -0.2) is 41.0 Å². The average Bonchev–Trinajstić information content (AvgIpc) is 2.93. The number of ether oxygens (including phenoxy) is 1. The smallest absolute Gasteiger partial charge is 0.419 e. The summed E-state index contributed by atoms with van der Waals surface area (Å²) in [5.41, 5.74) is 2.08. The number of aromatic nitrogens is 1. The topological polar surface area (TPSA) is 81.8 Å². The number of rotatable bonds is 9. The number of amides is 1. The molecule has 7 nitrogen and oxygen atoms in total. The van der Waals surface area contributed by atoms with Crippen molar-refractivity contribution < 1.29 is 18.7 Å². The van der Waals surface area contributed by atoms with Crippen molar-refractivity contribution in [2.24, 2.45) is 0 Å². The van der Waals surface area contributed by atoms with Gasteiger partial charge in [-0.15, -0.1) is 0 Å². The Bertz CT molecular complexity index is 849. The Morgan fingerprint density at radius 3 is 2.73 bits per heavy atom. The molecule has 2 aromatic rings. The van der Waals surface area contributed by atoms with E-state index in [-0.39, 0.29) is 18.9 Å². The van der Waals surface area contributed by atoms with Crippen LogP contribution in [0.15, 0.2) is 45.6 Å². The molecule has 1 heterocycles. The van der Waals surface area contributed by atoms with Crippen molar-refractivity contribution in [3.05, 3.63) is 47.0 Å². The first-order chi connectivity index (χ1) is 12.4. The molecule has 0 atom stereocenters. The SMILES string of the molecule is C=C(C)CN(CC)C(=O)COC(=O)CCCn1c(=O)oc2ccccc21. The number of nitrogens with zero attached hydrogens (tertiary/aromatic N) is 2. The molecule has 140 valence electrons. The van der Waals surface area contributed by atoms with Crippen LogP contribution in [0, 0.1) is 0 Å². The zero-order valence-corrected chi connectivity index (χ0v) is 15.2. The third-order valence-corrected chi connectivity index (χ3v) is 3.89. The van der Waals surface area contributed by atoms with Crippen molar-refractivity contribution in [2.75, 3.05) is 19.7 Å². The minimum absolute atomic E-state index is 0.117. The third-order valence-electron chi connectivity index (χ3n) is 3.89. The van der Waals surface area contributed by atoms with E-state index in [4.69, 9.17) is 9.15 Å². The zero-order chi connectivity index (χ0) is 19.1. The van der Waals surface area contributed by atoms with E-state index in [0.717, 1.165) is 5.57 Å². The summed E-state index contributed by atoms with van der Waals surface area (Å²) in [7, 11) is 0. The summed E-state index contributed by atoms with van der Waals surface area (Å²) in [6, 6.07) is 7.12. The lowest BCUT2D eigenvalue weighted by Crippen LogP contribution is -2.35. The summed E-state index contributed by atoms with van der Waals surface area (Å²) >= 11 is 0. The highest BCUT2D eigenvalue weighted by Gasteiger charge is 2.15. The molecule has 0 aliphatic heterocycles. The molecule has 1 aromatic heterocycles. The van der Waals surface area contributed by atoms with E-state index < -0.39 is 11.7 Å². The molecule has 7 heteroatoms. The van der Waals surface area contributed by atoms with Gasteiger partial charge in [-0.3, -0.25) is 14.2 Å².